The van der Waals surface area contributed by atoms with Gasteiger partial charge in [0.2, 0.25) is 0 Å². The van der Waals surface area contributed by atoms with Gasteiger partial charge >= 0.3 is 5.97 Å². The third-order valence-corrected chi connectivity index (χ3v) is 2.65. The number of rotatable bonds is 5. The van der Waals surface area contributed by atoms with Crippen molar-refractivity contribution < 1.29 is 14.6 Å². The SMILES string of the molecule is COc1cc(C)nc(CN(C)C(C)C(=O)O)c1. The molecule has 0 saturated carbocycles. The summed E-state index contributed by atoms with van der Waals surface area (Å²) < 4.78 is 5.15. The van der Waals surface area contributed by atoms with Gasteiger partial charge in [-0.1, -0.05) is 0 Å². The first kappa shape index (κ1) is 13.4. The first-order valence-corrected chi connectivity index (χ1v) is 5.38. The number of carboxylic acid groups (broad SMARTS) is 1. The van der Waals surface area contributed by atoms with Gasteiger partial charge in [-0.15, -0.1) is 0 Å². The van der Waals surface area contributed by atoms with Crippen LogP contribution in [0.2, 0.25) is 0 Å². The number of nitrogens with zero attached hydrogens (tertiary/aromatic N) is 2. The molecule has 0 aliphatic rings. The highest BCUT2D eigenvalue weighted by Gasteiger charge is 2.17. The van der Waals surface area contributed by atoms with E-state index >= 15 is 0 Å². The van der Waals surface area contributed by atoms with Gasteiger partial charge in [-0.2, -0.15) is 0 Å². The van der Waals surface area contributed by atoms with E-state index < -0.39 is 12.0 Å². The number of hydrogen-bond donors (Lipinski definition) is 1. The van der Waals surface area contributed by atoms with Gasteiger partial charge in [0, 0.05) is 24.4 Å². The quantitative estimate of drug-likeness (QED) is 0.837. The minimum Gasteiger partial charge on any atom is -0.497 e. The maximum atomic E-state index is 10.8. The summed E-state index contributed by atoms with van der Waals surface area (Å²) in [4.78, 5) is 16.9. The Labute approximate surface area is 101 Å². The van der Waals surface area contributed by atoms with Crippen LogP contribution in [0.15, 0.2) is 12.1 Å². The molecule has 0 bridgehead atoms. The van der Waals surface area contributed by atoms with Gasteiger partial charge in [-0.05, 0) is 20.9 Å². The molecule has 1 aromatic heterocycles. The second kappa shape index (κ2) is 5.63. The number of ether oxygens (including phenoxy) is 1. The molecule has 0 aromatic carbocycles. The Kier molecular flexibility index (Phi) is 4.45. The molecule has 0 saturated heterocycles. The van der Waals surface area contributed by atoms with Crippen molar-refractivity contribution in [2.45, 2.75) is 26.4 Å². The van der Waals surface area contributed by atoms with E-state index in [9.17, 15) is 4.79 Å². The van der Waals surface area contributed by atoms with E-state index in [1.807, 2.05) is 19.1 Å². The van der Waals surface area contributed by atoms with Crippen LogP contribution < -0.4 is 4.74 Å². The molecule has 5 nitrogen and oxygen atoms in total. The summed E-state index contributed by atoms with van der Waals surface area (Å²) in [6.07, 6.45) is 0. The first-order chi connectivity index (χ1) is 7.93. The Morgan fingerprint density at radius 1 is 1.59 bits per heavy atom. The highest BCUT2D eigenvalue weighted by atomic mass is 16.5. The maximum absolute atomic E-state index is 10.8. The van der Waals surface area contributed by atoms with Crippen molar-refractivity contribution in [1.29, 1.82) is 0 Å². The monoisotopic (exact) mass is 238 g/mol. The minimum absolute atomic E-state index is 0.478. The molecule has 0 radical (unpaired) electrons. The van der Waals surface area contributed by atoms with Gasteiger partial charge in [0.1, 0.15) is 11.8 Å². The number of pyridine rings is 1. The first-order valence-electron chi connectivity index (χ1n) is 5.38. The van der Waals surface area contributed by atoms with Gasteiger partial charge in [0.15, 0.2) is 0 Å². The van der Waals surface area contributed by atoms with Crippen molar-refractivity contribution in [1.82, 2.24) is 9.88 Å². The highest BCUT2D eigenvalue weighted by Crippen LogP contribution is 2.15. The Morgan fingerprint density at radius 2 is 2.24 bits per heavy atom. The van der Waals surface area contributed by atoms with E-state index in [4.69, 9.17) is 9.84 Å². The molecule has 0 spiro atoms. The molecule has 0 amide bonds. The zero-order chi connectivity index (χ0) is 13.0. The summed E-state index contributed by atoms with van der Waals surface area (Å²) in [5.41, 5.74) is 1.66. The number of aromatic nitrogens is 1. The average Bonchev–Trinajstić information content (AvgIpc) is 2.26. The molecule has 1 aromatic rings. The predicted molar refractivity (Wildman–Crippen MR) is 64.1 cm³/mol. The fourth-order valence-corrected chi connectivity index (χ4v) is 1.48. The topological polar surface area (TPSA) is 62.7 Å². The molecule has 1 unspecified atom stereocenters. The Hall–Kier alpha value is -1.62. The molecule has 0 aliphatic heterocycles. The van der Waals surface area contributed by atoms with Crippen molar-refractivity contribution in [3.05, 3.63) is 23.5 Å². The minimum atomic E-state index is -0.841. The van der Waals surface area contributed by atoms with Crippen LogP contribution >= 0.6 is 0 Å². The number of methoxy groups -OCH3 is 1. The van der Waals surface area contributed by atoms with Crippen LogP contribution in [0.3, 0.4) is 0 Å². The summed E-state index contributed by atoms with van der Waals surface area (Å²) in [6.45, 7) is 4.01. The van der Waals surface area contributed by atoms with Crippen LogP contribution in [0.4, 0.5) is 0 Å². The zero-order valence-electron chi connectivity index (χ0n) is 10.6. The summed E-state index contributed by atoms with van der Waals surface area (Å²) in [7, 11) is 3.36. The third kappa shape index (κ3) is 3.71. The Bertz CT molecular complexity index is 407. The normalized spacial score (nSPS) is 12.5. The summed E-state index contributed by atoms with van der Waals surface area (Å²) in [5.74, 6) is -0.101. The Balaban J connectivity index is 2.80. The van der Waals surface area contributed by atoms with Gasteiger partial charge in [0.05, 0.1) is 12.8 Å². The summed E-state index contributed by atoms with van der Waals surface area (Å²) in [5, 5.41) is 8.90. The van der Waals surface area contributed by atoms with Gasteiger partial charge in [0.25, 0.3) is 0 Å². The van der Waals surface area contributed by atoms with E-state index in [1.165, 1.54) is 0 Å². The van der Waals surface area contributed by atoms with Crippen LogP contribution in [-0.4, -0.2) is 41.2 Å². The lowest BCUT2D eigenvalue weighted by Crippen LogP contribution is -2.35. The lowest BCUT2D eigenvalue weighted by atomic mass is 10.2. The van der Waals surface area contributed by atoms with Crippen LogP contribution in [0.1, 0.15) is 18.3 Å². The Morgan fingerprint density at radius 3 is 2.76 bits per heavy atom. The van der Waals surface area contributed by atoms with Crippen LogP contribution in [-0.2, 0) is 11.3 Å². The summed E-state index contributed by atoms with van der Waals surface area (Å²) in [6, 6.07) is 3.12. The van der Waals surface area contributed by atoms with Crippen LogP contribution in [0, 0.1) is 6.92 Å². The number of carboxylic acids is 1. The average molecular weight is 238 g/mol. The van der Waals surface area contributed by atoms with Gasteiger partial charge in [-0.3, -0.25) is 14.7 Å². The van der Waals surface area contributed by atoms with Crippen molar-refractivity contribution in [3.8, 4) is 5.75 Å². The van der Waals surface area contributed by atoms with Crippen LogP contribution in [0.25, 0.3) is 0 Å². The fourth-order valence-electron chi connectivity index (χ4n) is 1.48. The molecule has 94 valence electrons. The molecular weight excluding hydrogens is 220 g/mol. The van der Waals surface area contributed by atoms with E-state index in [-0.39, 0.29) is 0 Å². The smallest absolute Gasteiger partial charge is 0.320 e. The van der Waals surface area contributed by atoms with Crippen molar-refractivity contribution in [2.24, 2.45) is 0 Å². The molecule has 0 aliphatic carbocycles. The number of aryl methyl sites for hydroxylation is 1. The van der Waals surface area contributed by atoms with Crippen LogP contribution in [0.5, 0.6) is 5.75 Å². The molecule has 1 atom stereocenters. The van der Waals surface area contributed by atoms with Crippen molar-refractivity contribution in [2.75, 3.05) is 14.2 Å². The number of likely N-dealkylation sites (N-methyl/N-ethyl adjacent to an activating group) is 1. The molecule has 1 N–H and O–H groups in total. The van der Waals surface area contributed by atoms with Crippen molar-refractivity contribution in [3.63, 3.8) is 0 Å². The molecule has 1 heterocycles. The van der Waals surface area contributed by atoms with Gasteiger partial charge < -0.3 is 9.84 Å². The highest BCUT2D eigenvalue weighted by molar-refractivity contribution is 5.72. The van der Waals surface area contributed by atoms with E-state index in [2.05, 4.69) is 4.98 Å². The van der Waals surface area contributed by atoms with E-state index in [0.29, 0.717) is 6.54 Å². The predicted octanol–water partition coefficient (Wildman–Crippen LogP) is 1.30. The van der Waals surface area contributed by atoms with Gasteiger partial charge in [-0.25, -0.2) is 0 Å². The molecular formula is C12H18N2O3. The number of hydrogen-bond acceptors (Lipinski definition) is 4. The molecule has 17 heavy (non-hydrogen) atoms. The fraction of sp³-hybridized carbons (Fsp3) is 0.500. The molecule has 5 heteroatoms. The lowest BCUT2D eigenvalue weighted by Gasteiger charge is -2.20. The molecule has 0 fully saturated rings. The molecule has 1 rings (SSSR count). The number of aliphatic carboxylic acids is 1. The van der Waals surface area contributed by atoms with E-state index in [0.717, 1.165) is 17.1 Å². The number of carbonyl (C=O) groups is 1. The van der Waals surface area contributed by atoms with E-state index in [1.54, 1.807) is 26.0 Å². The van der Waals surface area contributed by atoms with Crippen molar-refractivity contribution >= 4 is 5.97 Å². The largest absolute Gasteiger partial charge is 0.497 e. The maximum Gasteiger partial charge on any atom is 0.320 e. The standard InChI is InChI=1S/C12H18N2O3/c1-8-5-11(17-4)6-10(13-8)7-14(3)9(2)12(15)16/h5-6,9H,7H2,1-4H3,(H,15,16). The third-order valence-electron chi connectivity index (χ3n) is 2.65. The zero-order valence-corrected chi connectivity index (χ0v) is 10.6. The lowest BCUT2D eigenvalue weighted by molar-refractivity contribution is -0.142. The second-order valence-corrected chi connectivity index (χ2v) is 4.07. The second-order valence-electron chi connectivity index (χ2n) is 4.07. The summed E-state index contributed by atoms with van der Waals surface area (Å²) >= 11 is 0.